The topological polar surface area (TPSA) is 86.3 Å². The van der Waals surface area contributed by atoms with E-state index in [0.29, 0.717) is 18.9 Å². The van der Waals surface area contributed by atoms with Gasteiger partial charge in [0.25, 0.3) is 0 Å². The average Bonchev–Trinajstić information content (AvgIpc) is 3.06. The minimum absolute atomic E-state index is 0.241. The second kappa shape index (κ2) is 7.26. The van der Waals surface area contributed by atoms with Crippen molar-refractivity contribution in [3.05, 3.63) is 29.1 Å². The summed E-state index contributed by atoms with van der Waals surface area (Å²) >= 11 is 3.40. The third kappa shape index (κ3) is 4.35. The van der Waals surface area contributed by atoms with E-state index in [9.17, 15) is 4.79 Å². The molecule has 1 fully saturated rings. The molecule has 0 unspecified atom stereocenters. The maximum absolute atomic E-state index is 12.2. The first-order chi connectivity index (χ1) is 12.2. The Balaban J connectivity index is 1.63. The highest BCUT2D eigenvalue weighted by molar-refractivity contribution is 9.10. The van der Waals surface area contributed by atoms with Gasteiger partial charge in [-0.05, 0) is 55.6 Å². The number of carbonyl (C=O) groups is 1. The number of carbonyl (C=O) groups excluding carboxylic acids is 1. The molecule has 0 atom stereocenters. The molecule has 2 N–H and O–H groups in total. The van der Waals surface area contributed by atoms with Gasteiger partial charge in [-0.15, -0.1) is 0 Å². The molecule has 3 heterocycles. The van der Waals surface area contributed by atoms with E-state index in [1.807, 2.05) is 43.9 Å². The number of hydrogen-bond acceptors (Lipinski definition) is 5. The first-order valence-electron chi connectivity index (χ1n) is 8.66. The third-order valence-electron chi connectivity index (χ3n) is 4.29. The highest BCUT2D eigenvalue weighted by atomic mass is 79.9. The van der Waals surface area contributed by atoms with Gasteiger partial charge in [0.2, 0.25) is 0 Å². The zero-order valence-corrected chi connectivity index (χ0v) is 16.9. The lowest BCUT2D eigenvalue weighted by Crippen LogP contribution is -2.42. The summed E-state index contributed by atoms with van der Waals surface area (Å²) in [5.41, 5.74) is 7.23. The van der Waals surface area contributed by atoms with Crippen molar-refractivity contribution >= 4 is 27.8 Å². The van der Waals surface area contributed by atoms with Crippen LogP contribution >= 0.6 is 15.9 Å². The lowest BCUT2D eigenvalue weighted by atomic mass is 10.1. The van der Waals surface area contributed by atoms with E-state index >= 15 is 0 Å². The number of nitrogen functional groups attached to an aromatic ring is 1. The lowest BCUT2D eigenvalue weighted by molar-refractivity contribution is 0.0185. The van der Waals surface area contributed by atoms with Crippen LogP contribution in [0.5, 0.6) is 0 Å². The van der Waals surface area contributed by atoms with E-state index in [-0.39, 0.29) is 12.1 Å². The molecule has 2 aromatic heterocycles. The second-order valence-electron chi connectivity index (χ2n) is 7.50. The van der Waals surface area contributed by atoms with Crippen LogP contribution in [-0.2, 0) is 4.74 Å². The van der Waals surface area contributed by atoms with Gasteiger partial charge in [0.15, 0.2) is 0 Å². The molecular formula is C18H24BrN5O2. The fourth-order valence-electron chi connectivity index (χ4n) is 2.93. The predicted octanol–water partition coefficient (Wildman–Crippen LogP) is 3.86. The average molecular weight is 422 g/mol. The summed E-state index contributed by atoms with van der Waals surface area (Å²) in [5.74, 6) is 0.468. The van der Waals surface area contributed by atoms with Crippen molar-refractivity contribution in [3.8, 4) is 11.1 Å². The number of nitrogens with two attached hydrogens (primary N) is 1. The molecule has 26 heavy (non-hydrogen) atoms. The molecule has 1 aliphatic rings. The molecule has 2 aromatic rings. The Hall–Kier alpha value is -2.09. The van der Waals surface area contributed by atoms with E-state index in [0.717, 1.165) is 28.4 Å². The Morgan fingerprint density at radius 2 is 1.96 bits per heavy atom. The molecule has 0 aromatic carbocycles. The van der Waals surface area contributed by atoms with E-state index in [1.54, 1.807) is 11.1 Å². The summed E-state index contributed by atoms with van der Waals surface area (Å²) in [7, 11) is 0. The monoisotopic (exact) mass is 421 g/mol. The number of halogens is 1. The molecule has 3 rings (SSSR count). The fourth-order valence-corrected chi connectivity index (χ4v) is 3.28. The van der Waals surface area contributed by atoms with Gasteiger partial charge in [0.1, 0.15) is 11.4 Å². The summed E-state index contributed by atoms with van der Waals surface area (Å²) in [6.07, 6.45) is 7.06. The maximum Gasteiger partial charge on any atom is 0.410 e. The normalized spacial score (nSPS) is 15.9. The van der Waals surface area contributed by atoms with Crippen molar-refractivity contribution < 1.29 is 9.53 Å². The van der Waals surface area contributed by atoms with Gasteiger partial charge in [-0.2, -0.15) is 5.10 Å². The number of nitrogens with zero attached hydrogens (tertiary/aromatic N) is 4. The quantitative estimate of drug-likeness (QED) is 0.794. The standard InChI is InChI=1S/C18H24BrN5O2/c1-18(2,3)26-17(25)23-6-4-14(5-7-23)24-11-13(10-22-24)12-8-15(19)16(20)21-9-12/h8-11,14H,4-7H2,1-3H3,(H2,20,21). The van der Waals surface area contributed by atoms with Gasteiger partial charge in [0, 0.05) is 36.6 Å². The largest absolute Gasteiger partial charge is 0.444 e. The molecule has 0 aliphatic carbocycles. The van der Waals surface area contributed by atoms with Crippen molar-refractivity contribution in [2.75, 3.05) is 18.8 Å². The summed E-state index contributed by atoms with van der Waals surface area (Å²) in [4.78, 5) is 18.1. The van der Waals surface area contributed by atoms with Crippen molar-refractivity contribution in [1.82, 2.24) is 19.7 Å². The van der Waals surface area contributed by atoms with Crippen LogP contribution in [0, 0.1) is 0 Å². The smallest absolute Gasteiger partial charge is 0.410 e. The molecule has 140 valence electrons. The third-order valence-corrected chi connectivity index (χ3v) is 4.93. The Kier molecular flexibility index (Phi) is 5.22. The molecule has 1 saturated heterocycles. The molecular weight excluding hydrogens is 398 g/mol. The Bertz CT molecular complexity index is 791. The van der Waals surface area contributed by atoms with Crippen molar-refractivity contribution in [3.63, 3.8) is 0 Å². The Morgan fingerprint density at radius 1 is 1.27 bits per heavy atom. The van der Waals surface area contributed by atoms with Crippen LogP contribution in [0.1, 0.15) is 39.7 Å². The Labute approximate surface area is 161 Å². The SMILES string of the molecule is CC(C)(C)OC(=O)N1CCC(n2cc(-c3cnc(N)c(Br)c3)cn2)CC1. The van der Waals surface area contributed by atoms with E-state index < -0.39 is 5.60 Å². The van der Waals surface area contributed by atoms with Crippen LogP contribution in [0.4, 0.5) is 10.6 Å². The molecule has 0 radical (unpaired) electrons. The molecule has 7 nitrogen and oxygen atoms in total. The number of piperidine rings is 1. The molecule has 1 aliphatic heterocycles. The van der Waals surface area contributed by atoms with Crippen molar-refractivity contribution in [1.29, 1.82) is 0 Å². The first kappa shape index (κ1) is 18.7. The number of anilines is 1. The van der Waals surface area contributed by atoms with Crippen LogP contribution in [0.25, 0.3) is 11.1 Å². The van der Waals surface area contributed by atoms with E-state index in [4.69, 9.17) is 10.5 Å². The summed E-state index contributed by atoms with van der Waals surface area (Å²) in [6, 6.07) is 2.21. The lowest BCUT2D eigenvalue weighted by Gasteiger charge is -2.33. The van der Waals surface area contributed by atoms with Gasteiger partial charge in [-0.25, -0.2) is 9.78 Å². The summed E-state index contributed by atoms with van der Waals surface area (Å²) < 4.78 is 8.19. The number of hydrogen-bond donors (Lipinski definition) is 1. The molecule has 8 heteroatoms. The predicted molar refractivity (Wildman–Crippen MR) is 104 cm³/mol. The highest BCUT2D eigenvalue weighted by Gasteiger charge is 2.27. The molecule has 0 spiro atoms. The van der Waals surface area contributed by atoms with Crippen molar-refractivity contribution in [2.24, 2.45) is 0 Å². The first-order valence-corrected chi connectivity index (χ1v) is 9.46. The van der Waals surface area contributed by atoms with E-state index in [2.05, 4.69) is 26.0 Å². The number of likely N-dealkylation sites (tertiary alicyclic amines) is 1. The van der Waals surface area contributed by atoms with Gasteiger partial charge < -0.3 is 15.4 Å². The number of ether oxygens (including phenoxy) is 1. The summed E-state index contributed by atoms with van der Waals surface area (Å²) in [5, 5.41) is 4.51. The second-order valence-corrected chi connectivity index (χ2v) is 8.35. The van der Waals surface area contributed by atoms with Crippen molar-refractivity contribution in [2.45, 2.75) is 45.3 Å². The number of aromatic nitrogens is 3. The Morgan fingerprint density at radius 3 is 2.58 bits per heavy atom. The minimum atomic E-state index is -0.466. The number of rotatable bonds is 2. The summed E-state index contributed by atoms with van der Waals surface area (Å²) in [6.45, 7) is 6.99. The minimum Gasteiger partial charge on any atom is -0.444 e. The van der Waals surface area contributed by atoms with Crippen LogP contribution in [0.2, 0.25) is 0 Å². The van der Waals surface area contributed by atoms with Gasteiger partial charge in [0.05, 0.1) is 16.7 Å². The van der Waals surface area contributed by atoms with Gasteiger partial charge in [-0.3, -0.25) is 4.68 Å². The van der Waals surface area contributed by atoms with E-state index in [1.165, 1.54) is 0 Å². The molecule has 0 bridgehead atoms. The number of pyridine rings is 1. The van der Waals surface area contributed by atoms with Crippen LogP contribution < -0.4 is 5.73 Å². The molecule has 0 saturated carbocycles. The van der Waals surface area contributed by atoms with Crippen LogP contribution in [0.3, 0.4) is 0 Å². The molecule has 1 amide bonds. The van der Waals surface area contributed by atoms with Gasteiger partial charge in [-0.1, -0.05) is 0 Å². The fraction of sp³-hybridized carbons (Fsp3) is 0.500. The maximum atomic E-state index is 12.2. The van der Waals surface area contributed by atoms with Crippen LogP contribution in [0.15, 0.2) is 29.1 Å². The highest BCUT2D eigenvalue weighted by Crippen LogP contribution is 2.28. The number of amides is 1. The van der Waals surface area contributed by atoms with Crippen LogP contribution in [-0.4, -0.2) is 44.4 Å². The zero-order valence-electron chi connectivity index (χ0n) is 15.3. The van der Waals surface area contributed by atoms with Gasteiger partial charge >= 0.3 is 6.09 Å². The zero-order chi connectivity index (χ0) is 18.9.